The first kappa shape index (κ1) is 31.2. The standard InChI is InChI=1S/C31H35F2N7O3S/c1-38-14-16-39(17-15-38)24-9-12-40(13-10-24)31(42)36-28-20-25(8-11-34-28)43-27-7-6-23(19-26(27)33)35-30(44)37-29(41)18-21-2-4-22(32)5-3-21/h2-8,11,19-20,24H,9-10,12-18H2,1H3,(H,34,36,42)(H2,35,37,41,44). The first-order valence-electron chi connectivity index (χ1n) is 14.5. The molecule has 0 bridgehead atoms. The van der Waals surface area contributed by atoms with Gasteiger partial charge in [0, 0.05) is 69.3 Å². The number of nitrogens with zero attached hydrogens (tertiary/aromatic N) is 4. The van der Waals surface area contributed by atoms with Crippen LogP contribution in [0.3, 0.4) is 0 Å². The van der Waals surface area contributed by atoms with Gasteiger partial charge in [-0.2, -0.15) is 0 Å². The van der Waals surface area contributed by atoms with E-state index in [0.29, 0.717) is 41.9 Å². The van der Waals surface area contributed by atoms with Crippen molar-refractivity contribution in [2.24, 2.45) is 0 Å². The molecule has 5 rings (SSSR count). The van der Waals surface area contributed by atoms with E-state index in [9.17, 15) is 18.4 Å². The molecule has 44 heavy (non-hydrogen) atoms. The molecule has 0 saturated carbocycles. The third kappa shape index (κ3) is 8.68. The number of benzene rings is 2. The molecule has 0 unspecified atom stereocenters. The number of piperazine rings is 1. The van der Waals surface area contributed by atoms with Crippen molar-refractivity contribution < 1.29 is 23.1 Å². The van der Waals surface area contributed by atoms with Gasteiger partial charge in [0.1, 0.15) is 17.4 Å². The molecule has 0 spiro atoms. The highest BCUT2D eigenvalue weighted by molar-refractivity contribution is 7.80. The first-order chi connectivity index (χ1) is 21.2. The molecule has 232 valence electrons. The fourth-order valence-electron chi connectivity index (χ4n) is 5.26. The van der Waals surface area contributed by atoms with Crippen LogP contribution >= 0.6 is 12.2 Å². The third-order valence-corrected chi connectivity index (χ3v) is 7.92. The summed E-state index contributed by atoms with van der Waals surface area (Å²) in [6.07, 6.45) is 3.36. The lowest BCUT2D eigenvalue weighted by molar-refractivity contribution is -0.119. The summed E-state index contributed by atoms with van der Waals surface area (Å²) in [5.74, 6) is -0.899. The summed E-state index contributed by atoms with van der Waals surface area (Å²) >= 11 is 5.16. The smallest absolute Gasteiger partial charge is 0.323 e. The highest BCUT2D eigenvalue weighted by Gasteiger charge is 2.28. The number of thiocarbonyl (C=S) groups is 1. The number of nitrogens with one attached hydrogen (secondary N) is 3. The molecule has 3 N–H and O–H groups in total. The van der Waals surface area contributed by atoms with Gasteiger partial charge < -0.3 is 25.2 Å². The van der Waals surface area contributed by atoms with E-state index in [1.54, 1.807) is 17.0 Å². The van der Waals surface area contributed by atoms with Crippen molar-refractivity contribution in [2.75, 3.05) is 56.9 Å². The van der Waals surface area contributed by atoms with Crippen LogP contribution in [0.25, 0.3) is 0 Å². The average Bonchev–Trinajstić information content (AvgIpc) is 3.00. The van der Waals surface area contributed by atoms with Crippen molar-refractivity contribution in [3.63, 3.8) is 0 Å². The first-order valence-corrected chi connectivity index (χ1v) is 14.9. The van der Waals surface area contributed by atoms with E-state index < -0.39 is 11.7 Å². The van der Waals surface area contributed by atoms with Crippen molar-refractivity contribution in [1.29, 1.82) is 0 Å². The Bertz CT molecular complexity index is 1480. The molecule has 2 aliphatic heterocycles. The van der Waals surface area contributed by atoms with Crippen molar-refractivity contribution in [3.05, 3.63) is 78.0 Å². The molecule has 2 aliphatic rings. The van der Waals surface area contributed by atoms with Gasteiger partial charge in [0.2, 0.25) is 5.91 Å². The summed E-state index contributed by atoms with van der Waals surface area (Å²) in [6.45, 7) is 5.62. The van der Waals surface area contributed by atoms with Crippen LogP contribution in [0.2, 0.25) is 0 Å². The van der Waals surface area contributed by atoms with Crippen LogP contribution in [0.4, 0.5) is 25.1 Å². The summed E-state index contributed by atoms with van der Waals surface area (Å²) in [4.78, 5) is 36.0. The van der Waals surface area contributed by atoms with Crippen molar-refractivity contribution >= 4 is 40.8 Å². The van der Waals surface area contributed by atoms with E-state index in [2.05, 4.69) is 37.8 Å². The number of ether oxygens (including phenoxy) is 1. The number of carbonyl (C=O) groups excluding carboxylic acids is 2. The van der Waals surface area contributed by atoms with E-state index in [1.165, 1.54) is 48.7 Å². The molecule has 0 atom stereocenters. The minimum absolute atomic E-state index is 0.00697. The van der Waals surface area contributed by atoms with Crippen molar-refractivity contribution in [1.82, 2.24) is 25.0 Å². The number of carbonyl (C=O) groups is 2. The summed E-state index contributed by atoms with van der Waals surface area (Å²) in [5.41, 5.74) is 0.931. The van der Waals surface area contributed by atoms with Crippen LogP contribution in [0, 0.1) is 11.6 Å². The zero-order valence-corrected chi connectivity index (χ0v) is 25.2. The molecular formula is C31H35F2N7O3S. The van der Waals surface area contributed by atoms with Gasteiger partial charge in [-0.3, -0.25) is 15.0 Å². The number of pyridine rings is 1. The monoisotopic (exact) mass is 623 g/mol. The number of urea groups is 1. The van der Waals surface area contributed by atoms with Gasteiger partial charge in [0.05, 0.1) is 6.42 Å². The second kappa shape index (κ2) is 14.5. The second-order valence-electron chi connectivity index (χ2n) is 10.9. The normalized spacial score (nSPS) is 16.3. The molecule has 2 saturated heterocycles. The molecule has 3 amide bonds. The highest BCUT2D eigenvalue weighted by atomic mass is 32.1. The summed E-state index contributed by atoms with van der Waals surface area (Å²) in [5, 5.41) is 8.09. The summed E-state index contributed by atoms with van der Waals surface area (Å²) in [6, 6.07) is 13.1. The predicted octanol–water partition coefficient (Wildman–Crippen LogP) is 4.45. The number of likely N-dealkylation sites (N-methyl/N-ethyl adjacent to an activating group) is 1. The van der Waals surface area contributed by atoms with Crippen LogP contribution in [-0.2, 0) is 11.2 Å². The Morgan fingerprint density at radius 3 is 2.39 bits per heavy atom. The molecule has 3 heterocycles. The van der Waals surface area contributed by atoms with Gasteiger partial charge in [-0.15, -0.1) is 0 Å². The Balaban J connectivity index is 1.09. The minimum Gasteiger partial charge on any atom is -0.454 e. The van der Waals surface area contributed by atoms with E-state index >= 15 is 0 Å². The lowest BCUT2D eigenvalue weighted by atomic mass is 10.0. The fourth-order valence-corrected chi connectivity index (χ4v) is 5.49. The van der Waals surface area contributed by atoms with Crippen LogP contribution in [-0.4, -0.2) is 89.1 Å². The number of hydrogen-bond acceptors (Lipinski definition) is 7. The van der Waals surface area contributed by atoms with Crippen LogP contribution < -0.4 is 20.7 Å². The fraction of sp³-hybridized carbons (Fsp3) is 0.355. The Morgan fingerprint density at radius 2 is 1.68 bits per heavy atom. The maximum atomic E-state index is 14.9. The van der Waals surface area contributed by atoms with E-state index in [0.717, 1.165) is 39.0 Å². The number of likely N-dealkylation sites (tertiary alicyclic amines) is 1. The molecule has 3 aromatic rings. The molecule has 2 fully saturated rings. The van der Waals surface area contributed by atoms with E-state index in [1.807, 2.05) is 0 Å². The minimum atomic E-state index is -0.666. The van der Waals surface area contributed by atoms with Gasteiger partial charge >= 0.3 is 6.03 Å². The molecule has 0 radical (unpaired) electrons. The van der Waals surface area contributed by atoms with Gasteiger partial charge in [-0.25, -0.2) is 18.6 Å². The van der Waals surface area contributed by atoms with Gasteiger partial charge in [0.25, 0.3) is 0 Å². The third-order valence-electron chi connectivity index (χ3n) is 7.72. The maximum absolute atomic E-state index is 14.9. The number of anilines is 2. The van der Waals surface area contributed by atoms with Crippen LogP contribution in [0.1, 0.15) is 18.4 Å². The zero-order valence-electron chi connectivity index (χ0n) is 24.4. The topological polar surface area (TPSA) is 102 Å². The van der Waals surface area contributed by atoms with Crippen molar-refractivity contribution in [3.8, 4) is 11.5 Å². The van der Waals surface area contributed by atoms with Crippen molar-refractivity contribution in [2.45, 2.75) is 25.3 Å². The maximum Gasteiger partial charge on any atom is 0.323 e. The SMILES string of the molecule is CN1CCN(C2CCN(C(=O)Nc3cc(Oc4ccc(NC(=S)NC(=O)Cc5ccc(F)cc5)cc4F)ccn3)CC2)CC1. The lowest BCUT2D eigenvalue weighted by Crippen LogP contribution is -2.53. The predicted molar refractivity (Wildman–Crippen MR) is 168 cm³/mol. The Kier molecular flexibility index (Phi) is 10.3. The number of aromatic nitrogens is 1. The lowest BCUT2D eigenvalue weighted by Gasteiger charge is -2.42. The largest absolute Gasteiger partial charge is 0.454 e. The number of piperidine rings is 1. The second-order valence-corrected chi connectivity index (χ2v) is 11.3. The summed E-state index contributed by atoms with van der Waals surface area (Å²) in [7, 11) is 2.14. The van der Waals surface area contributed by atoms with Gasteiger partial charge in [-0.05, 0) is 68.0 Å². The number of rotatable bonds is 7. The molecule has 10 nitrogen and oxygen atoms in total. The quantitative estimate of drug-likeness (QED) is 0.332. The molecule has 1 aromatic heterocycles. The molecule has 13 heteroatoms. The highest BCUT2D eigenvalue weighted by Crippen LogP contribution is 2.28. The van der Waals surface area contributed by atoms with E-state index in [-0.39, 0.29) is 29.1 Å². The Hall–Kier alpha value is -4.20. The van der Waals surface area contributed by atoms with Gasteiger partial charge in [0.15, 0.2) is 16.7 Å². The van der Waals surface area contributed by atoms with Crippen LogP contribution in [0.5, 0.6) is 11.5 Å². The summed E-state index contributed by atoms with van der Waals surface area (Å²) < 4.78 is 33.7. The number of halogens is 2. The molecular weight excluding hydrogens is 588 g/mol. The average molecular weight is 624 g/mol. The Morgan fingerprint density at radius 1 is 0.955 bits per heavy atom. The Labute approximate surface area is 260 Å². The van der Waals surface area contributed by atoms with Crippen LogP contribution in [0.15, 0.2) is 60.8 Å². The zero-order chi connectivity index (χ0) is 31.1. The van der Waals surface area contributed by atoms with E-state index in [4.69, 9.17) is 17.0 Å². The number of hydrogen-bond donors (Lipinski definition) is 3. The molecule has 2 aromatic carbocycles. The van der Waals surface area contributed by atoms with Gasteiger partial charge in [-0.1, -0.05) is 12.1 Å². The molecule has 0 aliphatic carbocycles. The number of amides is 3.